The molecule has 13 heavy (non-hydrogen) atoms. The van der Waals surface area contributed by atoms with Crippen molar-refractivity contribution >= 4 is 5.82 Å². The van der Waals surface area contributed by atoms with Crippen molar-refractivity contribution < 1.29 is 4.90 Å². The zero-order chi connectivity index (χ0) is 9.26. The van der Waals surface area contributed by atoms with Crippen LogP contribution >= 0.6 is 0 Å². The molecule has 1 fully saturated rings. The van der Waals surface area contributed by atoms with Gasteiger partial charge in [-0.2, -0.15) is 0 Å². The molecule has 3 heteroatoms. The fourth-order valence-electron chi connectivity index (χ4n) is 2.08. The van der Waals surface area contributed by atoms with Gasteiger partial charge in [-0.05, 0) is 12.1 Å². The summed E-state index contributed by atoms with van der Waals surface area (Å²) in [4.78, 5) is 5.71. The molecule has 0 amide bonds. The number of rotatable bonds is 1. The lowest BCUT2D eigenvalue weighted by Crippen LogP contribution is -3.07. The van der Waals surface area contributed by atoms with E-state index in [2.05, 4.69) is 18.1 Å². The van der Waals surface area contributed by atoms with Gasteiger partial charge in [0.1, 0.15) is 11.9 Å². The van der Waals surface area contributed by atoms with Gasteiger partial charge in [0.2, 0.25) is 0 Å². The second-order valence-electron chi connectivity index (χ2n) is 3.81. The Morgan fingerprint density at radius 3 is 2.92 bits per heavy atom. The van der Waals surface area contributed by atoms with E-state index in [4.69, 9.17) is 5.73 Å². The zero-order valence-corrected chi connectivity index (χ0v) is 7.96. The van der Waals surface area contributed by atoms with Crippen molar-refractivity contribution in [3.8, 4) is 0 Å². The number of nitrogens with one attached hydrogen (secondary N) is 1. The van der Waals surface area contributed by atoms with Crippen molar-refractivity contribution in [3.63, 3.8) is 0 Å². The molecule has 0 aliphatic carbocycles. The molecule has 2 heterocycles. The molecule has 2 rings (SSSR count). The van der Waals surface area contributed by atoms with Crippen molar-refractivity contribution in [2.75, 3.05) is 19.3 Å². The number of hydrogen-bond donors (Lipinski definition) is 2. The van der Waals surface area contributed by atoms with Crippen LogP contribution in [-0.4, -0.2) is 18.6 Å². The van der Waals surface area contributed by atoms with Crippen molar-refractivity contribution in [2.45, 2.75) is 18.9 Å². The number of anilines is 1. The highest BCUT2D eigenvalue weighted by Gasteiger charge is 2.26. The first-order valence-corrected chi connectivity index (χ1v) is 4.81. The lowest BCUT2D eigenvalue weighted by Gasteiger charge is -2.16. The highest BCUT2D eigenvalue weighted by atomic mass is 15.1. The molecule has 1 aliphatic rings. The molecule has 1 saturated heterocycles. The fraction of sp³-hybridized carbons (Fsp3) is 0.500. The lowest BCUT2D eigenvalue weighted by molar-refractivity contribution is -0.898. The molecular weight excluding hydrogens is 162 g/mol. The monoisotopic (exact) mass is 178 g/mol. The molecule has 1 aromatic rings. The van der Waals surface area contributed by atoms with Crippen LogP contribution in [0.3, 0.4) is 0 Å². The molecular formula is C10H16N3+. The van der Waals surface area contributed by atoms with Gasteiger partial charge in [-0.1, -0.05) is 0 Å². The second kappa shape index (κ2) is 3.34. The normalized spacial score (nSPS) is 27.8. The number of nitrogens with two attached hydrogens (primary N) is 1. The van der Waals surface area contributed by atoms with Gasteiger partial charge in [-0.25, -0.2) is 4.98 Å². The summed E-state index contributed by atoms with van der Waals surface area (Å²) in [5.41, 5.74) is 6.87. The Hall–Kier alpha value is -1.09. The molecule has 0 saturated carbocycles. The first-order chi connectivity index (χ1) is 6.27. The summed E-state index contributed by atoms with van der Waals surface area (Å²) in [5, 5.41) is 0. The Kier molecular flexibility index (Phi) is 2.19. The van der Waals surface area contributed by atoms with Crippen LogP contribution in [0.4, 0.5) is 5.82 Å². The smallest absolute Gasteiger partial charge is 0.123 e. The van der Waals surface area contributed by atoms with Gasteiger partial charge in [-0.3, -0.25) is 0 Å². The van der Waals surface area contributed by atoms with Gasteiger partial charge >= 0.3 is 0 Å². The predicted molar refractivity (Wildman–Crippen MR) is 52.4 cm³/mol. The van der Waals surface area contributed by atoms with Crippen LogP contribution in [0.2, 0.25) is 0 Å². The lowest BCUT2D eigenvalue weighted by atomic mass is 10.1. The summed E-state index contributed by atoms with van der Waals surface area (Å²) in [6, 6.07) is 4.62. The van der Waals surface area contributed by atoms with E-state index in [9.17, 15) is 0 Å². The van der Waals surface area contributed by atoms with Crippen molar-refractivity contribution in [1.29, 1.82) is 0 Å². The third-order valence-electron chi connectivity index (χ3n) is 2.87. The number of aromatic nitrogens is 1. The molecule has 2 unspecified atom stereocenters. The van der Waals surface area contributed by atoms with Gasteiger partial charge in [0.15, 0.2) is 0 Å². The Balaban J connectivity index is 2.20. The molecule has 70 valence electrons. The molecule has 0 spiro atoms. The SMILES string of the molecule is C[NH+]1CCCC1c1ccc(N)nc1. The molecule has 3 nitrogen and oxygen atoms in total. The van der Waals surface area contributed by atoms with Crippen molar-refractivity contribution in [2.24, 2.45) is 0 Å². The standard InChI is InChI=1S/C10H15N3/c1-13-6-2-3-9(13)8-4-5-10(11)12-7-8/h4-5,7,9H,2-3,6H2,1H3,(H2,11,12)/p+1. The van der Waals surface area contributed by atoms with E-state index < -0.39 is 0 Å². The topological polar surface area (TPSA) is 43.4 Å². The van der Waals surface area contributed by atoms with E-state index in [0.717, 1.165) is 0 Å². The molecule has 1 aromatic heterocycles. The van der Waals surface area contributed by atoms with Gasteiger partial charge in [0, 0.05) is 24.6 Å². The quantitative estimate of drug-likeness (QED) is 0.636. The highest BCUT2D eigenvalue weighted by Crippen LogP contribution is 2.18. The zero-order valence-electron chi connectivity index (χ0n) is 7.96. The molecule has 2 atom stereocenters. The van der Waals surface area contributed by atoms with Gasteiger partial charge in [0.25, 0.3) is 0 Å². The van der Waals surface area contributed by atoms with E-state index >= 15 is 0 Å². The van der Waals surface area contributed by atoms with Gasteiger partial charge in [-0.15, -0.1) is 0 Å². The first kappa shape index (κ1) is 8.51. The van der Waals surface area contributed by atoms with E-state index in [-0.39, 0.29) is 0 Å². The van der Waals surface area contributed by atoms with Crippen molar-refractivity contribution in [3.05, 3.63) is 23.9 Å². The van der Waals surface area contributed by atoms with Crippen LogP contribution in [0, 0.1) is 0 Å². The van der Waals surface area contributed by atoms with Crippen LogP contribution in [-0.2, 0) is 0 Å². The van der Waals surface area contributed by atoms with Crippen LogP contribution in [0.25, 0.3) is 0 Å². The van der Waals surface area contributed by atoms with E-state index in [1.54, 1.807) is 4.90 Å². The number of hydrogen-bond acceptors (Lipinski definition) is 2. The summed E-state index contributed by atoms with van der Waals surface area (Å²) in [6.45, 7) is 1.27. The Morgan fingerprint density at radius 2 is 2.38 bits per heavy atom. The average molecular weight is 178 g/mol. The maximum atomic E-state index is 5.54. The molecule has 1 aliphatic heterocycles. The van der Waals surface area contributed by atoms with Gasteiger partial charge in [0.05, 0.1) is 13.6 Å². The molecule has 3 N–H and O–H groups in total. The summed E-state index contributed by atoms with van der Waals surface area (Å²) >= 11 is 0. The van der Waals surface area contributed by atoms with E-state index in [0.29, 0.717) is 11.9 Å². The van der Waals surface area contributed by atoms with E-state index in [1.165, 1.54) is 24.9 Å². The number of likely N-dealkylation sites (tertiary alicyclic amines) is 1. The van der Waals surface area contributed by atoms with Crippen LogP contribution in [0.5, 0.6) is 0 Å². The average Bonchev–Trinajstić information content (AvgIpc) is 2.53. The molecule has 0 aromatic carbocycles. The Labute approximate surface area is 78.6 Å². The fourth-order valence-corrected chi connectivity index (χ4v) is 2.08. The third kappa shape index (κ3) is 1.65. The Morgan fingerprint density at radius 1 is 1.54 bits per heavy atom. The van der Waals surface area contributed by atoms with Crippen LogP contribution in [0.1, 0.15) is 24.4 Å². The predicted octanol–water partition coefficient (Wildman–Crippen LogP) is 0.0134. The van der Waals surface area contributed by atoms with Gasteiger partial charge < -0.3 is 10.6 Å². The number of nitrogen functional groups attached to an aromatic ring is 1. The molecule has 0 bridgehead atoms. The van der Waals surface area contributed by atoms with E-state index in [1.807, 2.05) is 12.3 Å². The van der Waals surface area contributed by atoms with Crippen molar-refractivity contribution in [1.82, 2.24) is 4.98 Å². The summed E-state index contributed by atoms with van der Waals surface area (Å²) in [5.74, 6) is 0.611. The number of pyridine rings is 1. The maximum Gasteiger partial charge on any atom is 0.123 e. The summed E-state index contributed by atoms with van der Waals surface area (Å²) in [6.07, 6.45) is 4.51. The minimum absolute atomic E-state index is 0.611. The molecule has 0 radical (unpaired) electrons. The maximum absolute atomic E-state index is 5.54. The number of nitrogens with zero attached hydrogens (tertiary/aromatic N) is 1. The first-order valence-electron chi connectivity index (χ1n) is 4.81. The second-order valence-corrected chi connectivity index (χ2v) is 3.81. The largest absolute Gasteiger partial charge is 0.384 e. The number of quaternary nitrogens is 1. The minimum atomic E-state index is 0.611. The van der Waals surface area contributed by atoms with Crippen LogP contribution in [0.15, 0.2) is 18.3 Å². The Bertz CT molecular complexity index is 281. The summed E-state index contributed by atoms with van der Waals surface area (Å²) < 4.78 is 0. The third-order valence-corrected chi connectivity index (χ3v) is 2.87. The highest BCUT2D eigenvalue weighted by molar-refractivity contribution is 5.30. The van der Waals surface area contributed by atoms with Crippen LogP contribution < -0.4 is 10.6 Å². The summed E-state index contributed by atoms with van der Waals surface area (Å²) in [7, 11) is 2.24. The minimum Gasteiger partial charge on any atom is -0.384 e.